The number of anilines is 1. The minimum Gasteiger partial charge on any atom is -0.454 e. The van der Waals surface area contributed by atoms with E-state index in [2.05, 4.69) is 41.0 Å². The average molecular weight is 414 g/mol. The van der Waals surface area contributed by atoms with Gasteiger partial charge in [0.2, 0.25) is 6.79 Å². The molecule has 160 valence electrons. The first-order valence-corrected chi connectivity index (χ1v) is 10.3. The SMILES string of the molecule is CCc1cc2c(cc1Cc1nc3c(N)nc(F)nc3n1CCCNC(C)C)OCO2. The summed E-state index contributed by atoms with van der Waals surface area (Å²) in [7, 11) is 0. The van der Waals surface area contributed by atoms with Crippen LogP contribution in [0.1, 0.15) is 44.1 Å². The van der Waals surface area contributed by atoms with Crippen LogP contribution in [0.15, 0.2) is 12.1 Å². The highest BCUT2D eigenvalue weighted by Gasteiger charge is 2.21. The molecule has 30 heavy (non-hydrogen) atoms. The standard InChI is InChI=1S/C21H27FN6O2/c1-4-13-8-15-16(30-11-29-15)9-14(13)10-17-25-18-19(23)26-21(22)27-20(18)28(17)7-5-6-24-12(2)3/h8-9,12,24H,4-7,10-11H2,1-3H3,(H2,23,26,27). The van der Waals surface area contributed by atoms with E-state index < -0.39 is 6.08 Å². The molecule has 2 aromatic heterocycles. The zero-order valence-corrected chi connectivity index (χ0v) is 17.5. The Morgan fingerprint density at radius 1 is 1.17 bits per heavy atom. The fraction of sp³-hybridized carbons (Fsp3) is 0.476. The summed E-state index contributed by atoms with van der Waals surface area (Å²) in [4.78, 5) is 12.3. The lowest BCUT2D eigenvalue weighted by molar-refractivity contribution is 0.174. The lowest BCUT2D eigenvalue weighted by Crippen LogP contribution is -2.24. The molecule has 9 heteroatoms. The highest BCUT2D eigenvalue weighted by molar-refractivity contribution is 5.82. The highest BCUT2D eigenvalue weighted by Crippen LogP contribution is 2.36. The first-order chi connectivity index (χ1) is 14.5. The van der Waals surface area contributed by atoms with E-state index in [-0.39, 0.29) is 12.6 Å². The monoisotopic (exact) mass is 414 g/mol. The maximum absolute atomic E-state index is 13.9. The molecule has 3 N–H and O–H groups in total. The summed E-state index contributed by atoms with van der Waals surface area (Å²) in [6.07, 6.45) is 1.41. The van der Waals surface area contributed by atoms with E-state index in [9.17, 15) is 4.39 Å². The quantitative estimate of drug-likeness (QED) is 0.432. The topological polar surface area (TPSA) is 100 Å². The van der Waals surface area contributed by atoms with Crippen molar-refractivity contribution < 1.29 is 13.9 Å². The number of ether oxygens (including phenoxy) is 2. The third-order valence-corrected chi connectivity index (χ3v) is 5.21. The van der Waals surface area contributed by atoms with Crippen LogP contribution in [0.2, 0.25) is 0 Å². The number of rotatable bonds is 8. The second-order valence-electron chi connectivity index (χ2n) is 7.70. The molecule has 8 nitrogen and oxygen atoms in total. The van der Waals surface area contributed by atoms with Crippen LogP contribution in [-0.4, -0.2) is 38.9 Å². The molecule has 3 aromatic rings. The minimum atomic E-state index is -0.842. The number of fused-ring (bicyclic) bond motifs is 2. The maximum atomic E-state index is 13.9. The van der Waals surface area contributed by atoms with E-state index in [0.717, 1.165) is 47.8 Å². The van der Waals surface area contributed by atoms with Gasteiger partial charge in [0.05, 0.1) is 0 Å². The molecule has 0 saturated carbocycles. The Balaban J connectivity index is 1.71. The lowest BCUT2D eigenvalue weighted by Gasteiger charge is -2.13. The van der Waals surface area contributed by atoms with E-state index >= 15 is 0 Å². The molecule has 4 rings (SSSR count). The number of hydrogen-bond donors (Lipinski definition) is 2. The Morgan fingerprint density at radius 2 is 1.90 bits per heavy atom. The molecule has 0 radical (unpaired) electrons. The fourth-order valence-electron chi connectivity index (χ4n) is 3.73. The Bertz CT molecular complexity index is 1070. The van der Waals surface area contributed by atoms with Crippen molar-refractivity contribution >= 4 is 17.0 Å². The Morgan fingerprint density at radius 3 is 2.60 bits per heavy atom. The van der Waals surface area contributed by atoms with Crippen molar-refractivity contribution in [1.29, 1.82) is 0 Å². The second-order valence-corrected chi connectivity index (χ2v) is 7.70. The van der Waals surface area contributed by atoms with Crippen LogP contribution < -0.4 is 20.5 Å². The van der Waals surface area contributed by atoms with E-state index in [1.165, 1.54) is 0 Å². The normalized spacial score (nSPS) is 13.0. The van der Waals surface area contributed by atoms with Crippen molar-refractivity contribution in [3.63, 3.8) is 0 Å². The Kier molecular flexibility index (Phi) is 5.72. The molecule has 0 amide bonds. The zero-order valence-electron chi connectivity index (χ0n) is 17.5. The third-order valence-electron chi connectivity index (χ3n) is 5.21. The van der Waals surface area contributed by atoms with Gasteiger partial charge in [0.1, 0.15) is 5.82 Å². The Labute approximate surface area is 174 Å². The molecule has 3 heterocycles. The molecule has 1 aliphatic rings. The van der Waals surface area contributed by atoms with Gasteiger partial charge < -0.3 is 25.1 Å². The first kappa shape index (κ1) is 20.3. The third kappa shape index (κ3) is 4.02. The van der Waals surface area contributed by atoms with Gasteiger partial charge in [0, 0.05) is 19.0 Å². The van der Waals surface area contributed by atoms with Crippen LogP contribution in [0, 0.1) is 6.08 Å². The molecule has 0 bridgehead atoms. The van der Waals surface area contributed by atoms with Gasteiger partial charge in [0.25, 0.3) is 0 Å². The molecule has 0 atom stereocenters. The van der Waals surface area contributed by atoms with Gasteiger partial charge in [-0.05, 0) is 42.6 Å². The van der Waals surface area contributed by atoms with Crippen molar-refractivity contribution in [2.24, 2.45) is 0 Å². The average Bonchev–Trinajstić information content (AvgIpc) is 3.29. The molecule has 0 unspecified atom stereocenters. The van der Waals surface area contributed by atoms with E-state index in [1.807, 2.05) is 16.7 Å². The number of benzene rings is 1. The number of aromatic nitrogens is 4. The van der Waals surface area contributed by atoms with E-state index in [0.29, 0.717) is 30.2 Å². The molecule has 0 aliphatic carbocycles. The number of hydrogen-bond acceptors (Lipinski definition) is 7. The van der Waals surface area contributed by atoms with Gasteiger partial charge >= 0.3 is 6.08 Å². The van der Waals surface area contributed by atoms with Crippen LogP contribution in [0.3, 0.4) is 0 Å². The molecule has 0 saturated heterocycles. The molecule has 1 aromatic carbocycles. The van der Waals surface area contributed by atoms with Gasteiger partial charge in [-0.2, -0.15) is 14.4 Å². The predicted octanol–water partition coefficient (Wildman–Crippen LogP) is 2.82. The van der Waals surface area contributed by atoms with Gasteiger partial charge in [-0.15, -0.1) is 0 Å². The molecular weight excluding hydrogens is 387 g/mol. The van der Waals surface area contributed by atoms with Crippen LogP contribution in [0.5, 0.6) is 11.5 Å². The van der Waals surface area contributed by atoms with Crippen molar-refractivity contribution in [2.45, 2.75) is 52.6 Å². The second kappa shape index (κ2) is 8.43. The van der Waals surface area contributed by atoms with Gasteiger partial charge in [-0.3, -0.25) is 0 Å². The predicted molar refractivity (Wildman–Crippen MR) is 112 cm³/mol. The van der Waals surface area contributed by atoms with Crippen LogP contribution in [0.25, 0.3) is 11.2 Å². The molecule has 1 aliphatic heterocycles. The number of nitrogens with two attached hydrogens (primary N) is 1. The largest absolute Gasteiger partial charge is 0.454 e. The number of aryl methyl sites for hydroxylation is 2. The summed E-state index contributed by atoms with van der Waals surface area (Å²) in [6, 6.07) is 4.42. The minimum absolute atomic E-state index is 0.0548. The molecule has 0 fully saturated rings. The summed E-state index contributed by atoms with van der Waals surface area (Å²) in [6.45, 7) is 8.02. The summed E-state index contributed by atoms with van der Waals surface area (Å²) < 4.78 is 26.9. The smallest absolute Gasteiger partial charge is 0.312 e. The fourth-order valence-corrected chi connectivity index (χ4v) is 3.73. The maximum Gasteiger partial charge on any atom is 0.312 e. The molecule has 0 spiro atoms. The summed E-state index contributed by atoms with van der Waals surface area (Å²) in [5.41, 5.74) is 9.05. The van der Waals surface area contributed by atoms with Crippen LogP contribution in [0.4, 0.5) is 10.2 Å². The number of nitrogens with zero attached hydrogens (tertiary/aromatic N) is 4. The van der Waals surface area contributed by atoms with Crippen molar-refractivity contribution in [3.8, 4) is 11.5 Å². The van der Waals surface area contributed by atoms with Crippen molar-refractivity contribution in [2.75, 3.05) is 19.1 Å². The number of nitrogens with one attached hydrogen (secondary N) is 1. The molecular formula is C21H27FN6O2. The van der Waals surface area contributed by atoms with Gasteiger partial charge in [-0.25, -0.2) is 4.98 Å². The van der Waals surface area contributed by atoms with Gasteiger partial charge in [-0.1, -0.05) is 20.8 Å². The van der Waals surface area contributed by atoms with E-state index in [1.54, 1.807) is 0 Å². The number of imidazole rings is 1. The highest BCUT2D eigenvalue weighted by atomic mass is 19.1. The first-order valence-electron chi connectivity index (χ1n) is 10.3. The summed E-state index contributed by atoms with van der Waals surface area (Å²) in [5.74, 6) is 2.33. The summed E-state index contributed by atoms with van der Waals surface area (Å²) >= 11 is 0. The number of halogens is 1. The lowest BCUT2D eigenvalue weighted by atomic mass is 10.0. The van der Waals surface area contributed by atoms with Crippen molar-refractivity contribution in [3.05, 3.63) is 35.2 Å². The Hall–Kier alpha value is -2.94. The van der Waals surface area contributed by atoms with Gasteiger partial charge in [0.15, 0.2) is 28.5 Å². The van der Waals surface area contributed by atoms with Crippen molar-refractivity contribution in [1.82, 2.24) is 24.8 Å². The zero-order chi connectivity index (χ0) is 21.3. The van der Waals surface area contributed by atoms with Crippen LogP contribution in [-0.2, 0) is 19.4 Å². The number of nitrogen functional groups attached to an aromatic ring is 1. The van der Waals surface area contributed by atoms with E-state index in [4.69, 9.17) is 15.2 Å². The summed E-state index contributed by atoms with van der Waals surface area (Å²) in [5, 5.41) is 3.40. The van der Waals surface area contributed by atoms with Crippen LogP contribution >= 0.6 is 0 Å².